The van der Waals surface area contributed by atoms with Gasteiger partial charge < -0.3 is 18.3 Å². The molecule has 0 spiro atoms. The van der Waals surface area contributed by atoms with Crippen LogP contribution in [0.5, 0.6) is 0 Å². The first-order valence-corrected chi connectivity index (χ1v) is 11.7. The minimum absolute atomic E-state index is 0.00654. The number of aromatic nitrogens is 1. The largest absolute Gasteiger partial charge is 0.464 e. The van der Waals surface area contributed by atoms with Crippen LogP contribution in [0.15, 0.2) is 49.0 Å². The molecule has 7 nitrogen and oxygen atoms in total. The van der Waals surface area contributed by atoms with E-state index in [0.717, 1.165) is 45.2 Å². The lowest BCUT2D eigenvalue weighted by Gasteiger charge is -2.42. The van der Waals surface area contributed by atoms with Gasteiger partial charge in [0.25, 0.3) is 5.56 Å². The van der Waals surface area contributed by atoms with Crippen molar-refractivity contribution in [1.29, 1.82) is 0 Å². The molecule has 2 atom stereocenters. The predicted octanol–water partition coefficient (Wildman–Crippen LogP) is 3.81. The highest BCUT2D eigenvalue weighted by atomic mass is 16.4. The van der Waals surface area contributed by atoms with Gasteiger partial charge in [0.05, 0.1) is 18.2 Å². The molecule has 0 N–H and O–H groups in total. The number of likely N-dealkylation sites (tertiary alicyclic amines) is 1. The van der Waals surface area contributed by atoms with Crippen molar-refractivity contribution in [3.8, 4) is 0 Å². The number of pyridine rings is 1. The zero-order valence-electron chi connectivity index (χ0n) is 19.5. The van der Waals surface area contributed by atoms with E-state index in [1.165, 1.54) is 0 Å². The van der Waals surface area contributed by atoms with Gasteiger partial charge in [-0.2, -0.15) is 0 Å². The molecule has 2 aliphatic rings. The molecule has 1 fully saturated rings. The van der Waals surface area contributed by atoms with Crippen molar-refractivity contribution in [1.82, 2.24) is 9.47 Å². The van der Waals surface area contributed by atoms with Crippen LogP contribution in [0.25, 0.3) is 21.9 Å². The fourth-order valence-electron chi connectivity index (χ4n) is 5.89. The average Bonchev–Trinajstić information content (AvgIpc) is 3.19. The number of hydrogen-bond acceptors (Lipinski definition) is 5. The first-order chi connectivity index (χ1) is 16.3. The minimum atomic E-state index is -0.474. The van der Waals surface area contributed by atoms with Gasteiger partial charge in [0.1, 0.15) is 11.2 Å². The first kappa shape index (κ1) is 21.0. The summed E-state index contributed by atoms with van der Waals surface area (Å²) in [6.07, 6.45) is 2.68. The zero-order valence-corrected chi connectivity index (χ0v) is 19.5. The summed E-state index contributed by atoms with van der Waals surface area (Å²) in [5, 5.41) is 1.82. The molecule has 0 unspecified atom stereocenters. The third-order valence-corrected chi connectivity index (χ3v) is 7.70. The van der Waals surface area contributed by atoms with Crippen molar-refractivity contribution < 1.29 is 13.6 Å². The van der Waals surface area contributed by atoms with Gasteiger partial charge in [-0.25, -0.2) is 4.79 Å². The van der Waals surface area contributed by atoms with Gasteiger partial charge >= 0.3 is 5.63 Å². The Bertz CT molecular complexity index is 1610. The highest BCUT2D eigenvalue weighted by Crippen LogP contribution is 2.36. The number of furan rings is 1. The molecule has 0 saturated carbocycles. The van der Waals surface area contributed by atoms with Crippen LogP contribution in [-0.2, 0) is 17.8 Å². The molecule has 0 radical (unpaired) electrons. The van der Waals surface area contributed by atoms with E-state index in [4.69, 9.17) is 8.83 Å². The van der Waals surface area contributed by atoms with E-state index in [1.807, 2.05) is 42.4 Å². The normalized spacial score (nSPS) is 19.6. The van der Waals surface area contributed by atoms with Gasteiger partial charge in [0.15, 0.2) is 0 Å². The van der Waals surface area contributed by atoms with Crippen LogP contribution >= 0.6 is 0 Å². The van der Waals surface area contributed by atoms with Gasteiger partial charge in [-0.05, 0) is 56.4 Å². The smallest absolute Gasteiger partial charge is 0.340 e. The third kappa shape index (κ3) is 3.06. The summed E-state index contributed by atoms with van der Waals surface area (Å²) >= 11 is 0. The first-order valence-electron chi connectivity index (χ1n) is 11.7. The van der Waals surface area contributed by atoms with E-state index < -0.39 is 5.63 Å². The molecule has 1 saturated heterocycles. The van der Waals surface area contributed by atoms with Gasteiger partial charge in [0.2, 0.25) is 5.91 Å². The van der Waals surface area contributed by atoms with Gasteiger partial charge in [-0.15, -0.1) is 0 Å². The summed E-state index contributed by atoms with van der Waals surface area (Å²) in [4.78, 5) is 40.5. The minimum Gasteiger partial charge on any atom is -0.464 e. The van der Waals surface area contributed by atoms with E-state index in [-0.39, 0.29) is 29.7 Å². The maximum absolute atomic E-state index is 13.4. The molecule has 6 rings (SSSR count). The number of nitrogens with zero attached hydrogens (tertiary/aromatic N) is 2. The highest BCUT2D eigenvalue weighted by Gasteiger charge is 2.36. The Labute approximate surface area is 195 Å². The van der Waals surface area contributed by atoms with Crippen LogP contribution < -0.4 is 11.2 Å². The lowest BCUT2D eigenvalue weighted by molar-refractivity contribution is -0.133. The maximum Gasteiger partial charge on any atom is 0.340 e. The van der Waals surface area contributed by atoms with Crippen LogP contribution in [0.3, 0.4) is 0 Å². The van der Waals surface area contributed by atoms with Gasteiger partial charge in [0, 0.05) is 53.6 Å². The Morgan fingerprint density at radius 3 is 2.68 bits per heavy atom. The maximum atomic E-state index is 13.4. The Morgan fingerprint density at radius 2 is 1.85 bits per heavy atom. The van der Waals surface area contributed by atoms with Crippen LogP contribution in [0.4, 0.5) is 0 Å². The molecule has 5 heterocycles. The fraction of sp³-hybridized carbons (Fsp3) is 0.370. The van der Waals surface area contributed by atoms with Crippen molar-refractivity contribution in [2.45, 2.75) is 46.1 Å². The Balaban J connectivity index is 1.34. The highest BCUT2D eigenvalue weighted by molar-refractivity contribution is 6.00. The average molecular weight is 459 g/mol. The topological polar surface area (TPSA) is 85.7 Å². The molecular weight excluding hydrogens is 432 g/mol. The molecule has 3 aromatic heterocycles. The molecule has 34 heavy (non-hydrogen) atoms. The molecule has 2 bridgehead atoms. The standard InChI is InChI=1S/C27H26N2O5/c1-14-13-33-25-16(3)26-20(8-19(14)25)15(2)21(27(32)34-26)9-24(31)28-10-17-7-18(12-28)22-5-4-6-23(30)29(22)11-17/h4-6,8,13,17-18H,7,9-12H2,1-3H3/t17-,18-/m0/s1. The number of piperidine rings is 1. The van der Waals surface area contributed by atoms with Crippen molar-refractivity contribution in [2.24, 2.45) is 5.92 Å². The zero-order chi connectivity index (χ0) is 23.7. The van der Waals surface area contributed by atoms with E-state index in [2.05, 4.69) is 0 Å². The third-order valence-electron chi connectivity index (χ3n) is 7.70. The molecule has 0 aliphatic carbocycles. The quantitative estimate of drug-likeness (QED) is 0.427. The lowest BCUT2D eigenvalue weighted by Crippen LogP contribution is -2.49. The van der Waals surface area contributed by atoms with E-state index in [0.29, 0.717) is 30.8 Å². The Hall–Kier alpha value is -3.61. The number of carbonyl (C=O) groups is 1. The number of carbonyl (C=O) groups excluding carboxylic acids is 1. The number of benzene rings is 1. The van der Waals surface area contributed by atoms with Gasteiger partial charge in [-0.1, -0.05) is 6.07 Å². The molecule has 4 aromatic rings. The number of hydrogen-bond donors (Lipinski definition) is 0. The van der Waals surface area contributed by atoms with Crippen molar-refractivity contribution in [3.05, 3.63) is 79.3 Å². The summed E-state index contributed by atoms with van der Waals surface area (Å²) in [6.45, 7) is 7.54. The van der Waals surface area contributed by atoms with Crippen molar-refractivity contribution in [2.75, 3.05) is 13.1 Å². The second kappa shape index (κ2) is 7.45. The van der Waals surface area contributed by atoms with Gasteiger partial charge in [-0.3, -0.25) is 9.59 Å². The summed E-state index contributed by atoms with van der Waals surface area (Å²) in [5.74, 6) is 0.303. The summed E-state index contributed by atoms with van der Waals surface area (Å²) < 4.78 is 13.2. The number of fused-ring (bicyclic) bond motifs is 6. The monoisotopic (exact) mass is 458 g/mol. The fourth-order valence-corrected chi connectivity index (χ4v) is 5.89. The van der Waals surface area contributed by atoms with Crippen molar-refractivity contribution in [3.63, 3.8) is 0 Å². The second-order valence-corrected chi connectivity index (χ2v) is 9.84. The summed E-state index contributed by atoms with van der Waals surface area (Å²) in [6, 6.07) is 7.36. The molecule has 2 aliphatic heterocycles. The van der Waals surface area contributed by atoms with E-state index in [1.54, 1.807) is 18.4 Å². The van der Waals surface area contributed by atoms with Crippen LogP contribution in [0.2, 0.25) is 0 Å². The molecule has 1 amide bonds. The van der Waals surface area contributed by atoms with E-state index in [9.17, 15) is 14.4 Å². The second-order valence-electron chi connectivity index (χ2n) is 9.84. The molecule has 174 valence electrons. The Morgan fingerprint density at radius 1 is 1.03 bits per heavy atom. The number of aryl methyl sites for hydroxylation is 3. The SMILES string of the molecule is Cc1coc2c(C)c3oc(=O)c(CC(=O)N4C[C@@H]5C[C@@H](C4)c4cccc(=O)n4C5)c(C)c3cc12. The predicted molar refractivity (Wildman–Crippen MR) is 128 cm³/mol. The Kier molecular flexibility index (Phi) is 4.59. The van der Waals surface area contributed by atoms with E-state index >= 15 is 0 Å². The van der Waals surface area contributed by atoms with Crippen LogP contribution in [-0.4, -0.2) is 28.5 Å². The molecule has 7 heteroatoms. The number of amides is 1. The van der Waals surface area contributed by atoms with Crippen LogP contribution in [0.1, 0.15) is 40.3 Å². The van der Waals surface area contributed by atoms with Crippen molar-refractivity contribution >= 4 is 27.8 Å². The summed E-state index contributed by atoms with van der Waals surface area (Å²) in [5.41, 5.74) is 4.76. The molecular formula is C27H26N2O5. The summed E-state index contributed by atoms with van der Waals surface area (Å²) in [7, 11) is 0. The lowest BCUT2D eigenvalue weighted by atomic mass is 9.83. The number of rotatable bonds is 2. The van der Waals surface area contributed by atoms with Crippen LogP contribution in [0, 0.1) is 26.7 Å². The molecule has 1 aromatic carbocycles.